The van der Waals surface area contributed by atoms with E-state index in [1.807, 2.05) is 39.5 Å². The van der Waals surface area contributed by atoms with Crippen molar-refractivity contribution >= 4 is 29.6 Å². The number of carbonyl (C=O) groups excluding carboxylic acids is 3. The summed E-state index contributed by atoms with van der Waals surface area (Å²) in [7, 11) is 0. The van der Waals surface area contributed by atoms with Crippen molar-refractivity contribution in [2.24, 2.45) is 11.1 Å². The molecule has 0 unspecified atom stereocenters. The molecule has 2 saturated heterocycles. The molecule has 2 heterocycles. The number of rotatable bonds is 14. The van der Waals surface area contributed by atoms with Gasteiger partial charge in [-0.05, 0) is 33.1 Å². The Hall–Kier alpha value is -1.52. The third kappa shape index (κ3) is 8.44. The maximum atomic E-state index is 12.2. The third-order valence-corrected chi connectivity index (χ3v) is 7.56. The van der Waals surface area contributed by atoms with Crippen LogP contribution in [0.25, 0.3) is 0 Å². The molecule has 0 saturated carbocycles. The van der Waals surface area contributed by atoms with Crippen molar-refractivity contribution in [2.45, 2.75) is 82.7 Å². The van der Waals surface area contributed by atoms with Crippen molar-refractivity contribution in [3.8, 4) is 0 Å². The van der Waals surface area contributed by atoms with Crippen LogP contribution < -0.4 is 27.0 Å². The number of hydrogen-bond donors (Lipinski definition) is 5. The van der Waals surface area contributed by atoms with Crippen molar-refractivity contribution in [3.05, 3.63) is 0 Å². The van der Waals surface area contributed by atoms with Crippen LogP contribution in [0.2, 0.25) is 0 Å². The van der Waals surface area contributed by atoms with Gasteiger partial charge in [-0.15, -0.1) is 0 Å². The molecule has 0 aromatic rings. The van der Waals surface area contributed by atoms with Gasteiger partial charge >= 0.3 is 6.03 Å². The standard InChI is InChI=1S/C22H41N5O4S/c1-21(2,19(29)24-11-10-23)9-12-31-22(3,4)14-25-17(28)8-6-5-7-16-18-15(13-32-16)26-20(30)27-18/h15-16,18H,5-14,23H2,1-4H3,(H,24,29)(H,25,28)(H2,26,27,30)/t15-,16-,18-/m0/s1. The van der Waals surface area contributed by atoms with E-state index in [0.29, 0.717) is 44.3 Å². The Labute approximate surface area is 196 Å². The van der Waals surface area contributed by atoms with Gasteiger partial charge in [0.2, 0.25) is 11.8 Å². The van der Waals surface area contributed by atoms with E-state index in [4.69, 9.17) is 10.5 Å². The van der Waals surface area contributed by atoms with Gasteiger partial charge in [0.05, 0.1) is 17.7 Å². The number of unbranched alkanes of at least 4 members (excludes halogenated alkanes) is 1. The lowest BCUT2D eigenvalue weighted by molar-refractivity contribution is -0.131. The van der Waals surface area contributed by atoms with Crippen LogP contribution in [0.15, 0.2) is 0 Å². The lowest BCUT2D eigenvalue weighted by Gasteiger charge is -2.29. The monoisotopic (exact) mass is 471 g/mol. The largest absolute Gasteiger partial charge is 0.374 e. The minimum absolute atomic E-state index is 0.0240. The SMILES string of the molecule is CC(C)(CNC(=O)CCCC[C@@H]1SC[C@@H]2NC(=O)N[C@@H]21)OCCC(C)(C)C(=O)NCCN. The summed E-state index contributed by atoms with van der Waals surface area (Å²) in [4.78, 5) is 35.8. The molecule has 2 aliphatic rings. The number of nitrogens with one attached hydrogen (secondary N) is 4. The van der Waals surface area contributed by atoms with E-state index in [9.17, 15) is 14.4 Å². The van der Waals surface area contributed by atoms with Gasteiger partial charge < -0.3 is 31.7 Å². The van der Waals surface area contributed by atoms with E-state index in [1.165, 1.54) is 0 Å². The van der Waals surface area contributed by atoms with E-state index in [-0.39, 0.29) is 29.9 Å². The predicted octanol–water partition coefficient (Wildman–Crippen LogP) is 1.11. The Kier molecular flexibility index (Phi) is 10.1. The lowest BCUT2D eigenvalue weighted by atomic mass is 9.88. The van der Waals surface area contributed by atoms with Crippen LogP contribution in [0.4, 0.5) is 4.79 Å². The first kappa shape index (κ1) is 26.7. The van der Waals surface area contributed by atoms with E-state index < -0.39 is 11.0 Å². The number of fused-ring (bicyclic) bond motifs is 1. The topological polar surface area (TPSA) is 135 Å². The molecule has 3 atom stereocenters. The zero-order valence-electron chi connectivity index (χ0n) is 19.9. The molecule has 0 spiro atoms. The molecule has 2 fully saturated rings. The smallest absolute Gasteiger partial charge is 0.315 e. The van der Waals surface area contributed by atoms with Crippen LogP contribution in [-0.2, 0) is 14.3 Å². The Bertz CT molecular complexity index is 658. The summed E-state index contributed by atoms with van der Waals surface area (Å²) in [6.07, 6.45) is 3.86. The third-order valence-electron chi connectivity index (χ3n) is 6.06. The minimum atomic E-state index is -0.538. The van der Waals surface area contributed by atoms with Crippen LogP contribution in [0.3, 0.4) is 0 Å². The Balaban J connectivity index is 1.57. The lowest BCUT2D eigenvalue weighted by Crippen LogP contribution is -2.43. The number of hydrogen-bond acceptors (Lipinski definition) is 6. The van der Waals surface area contributed by atoms with Crippen molar-refractivity contribution in [1.82, 2.24) is 21.3 Å². The fraction of sp³-hybridized carbons (Fsp3) is 0.864. The number of urea groups is 1. The summed E-state index contributed by atoms with van der Waals surface area (Å²) in [5, 5.41) is 12.2. The molecule has 0 bridgehead atoms. The molecule has 0 aromatic heterocycles. The van der Waals surface area contributed by atoms with E-state index >= 15 is 0 Å². The summed E-state index contributed by atoms with van der Waals surface area (Å²) in [6, 6.07) is 0.401. The molecule has 4 amide bonds. The second-order valence-corrected chi connectivity index (χ2v) is 11.2. The first-order chi connectivity index (χ1) is 15.0. The second kappa shape index (κ2) is 12.1. The highest BCUT2D eigenvalue weighted by Crippen LogP contribution is 2.33. The molecular weight excluding hydrogens is 430 g/mol. The van der Waals surface area contributed by atoms with Crippen molar-refractivity contribution in [1.29, 1.82) is 0 Å². The average molecular weight is 472 g/mol. The molecule has 0 aromatic carbocycles. The number of nitrogens with two attached hydrogens (primary N) is 1. The highest BCUT2D eigenvalue weighted by Gasteiger charge is 2.42. The summed E-state index contributed by atoms with van der Waals surface area (Å²) in [5.74, 6) is 0.950. The zero-order chi connectivity index (χ0) is 23.8. The predicted molar refractivity (Wildman–Crippen MR) is 127 cm³/mol. The molecule has 0 aliphatic carbocycles. The Morgan fingerprint density at radius 2 is 1.94 bits per heavy atom. The van der Waals surface area contributed by atoms with Gasteiger partial charge in [0, 0.05) is 49.1 Å². The maximum Gasteiger partial charge on any atom is 0.315 e. The Morgan fingerprint density at radius 3 is 2.66 bits per heavy atom. The summed E-state index contributed by atoms with van der Waals surface area (Å²) >= 11 is 1.90. The fourth-order valence-electron chi connectivity index (χ4n) is 3.85. The van der Waals surface area contributed by atoms with Crippen LogP contribution in [-0.4, -0.2) is 72.8 Å². The van der Waals surface area contributed by atoms with Crippen LogP contribution in [0.5, 0.6) is 0 Å². The zero-order valence-corrected chi connectivity index (χ0v) is 20.7. The van der Waals surface area contributed by atoms with E-state index in [1.54, 1.807) is 0 Å². The first-order valence-corrected chi connectivity index (χ1v) is 12.7. The van der Waals surface area contributed by atoms with Crippen molar-refractivity contribution in [2.75, 3.05) is 32.0 Å². The van der Waals surface area contributed by atoms with Crippen molar-refractivity contribution < 1.29 is 19.1 Å². The molecule has 2 rings (SSSR count). The molecule has 184 valence electrons. The average Bonchev–Trinajstić information content (AvgIpc) is 3.26. The van der Waals surface area contributed by atoms with Gasteiger partial charge in [0.15, 0.2) is 0 Å². The molecular formula is C22H41N5O4S. The summed E-state index contributed by atoms with van der Waals surface area (Å²) in [5.41, 5.74) is 4.38. The summed E-state index contributed by atoms with van der Waals surface area (Å²) in [6.45, 7) is 9.38. The highest BCUT2D eigenvalue weighted by atomic mass is 32.2. The normalized spacial score (nSPS) is 22.8. The van der Waals surface area contributed by atoms with Crippen LogP contribution in [0, 0.1) is 5.41 Å². The highest BCUT2D eigenvalue weighted by molar-refractivity contribution is 8.00. The molecule has 10 heteroatoms. The molecule has 0 radical (unpaired) electrons. The van der Waals surface area contributed by atoms with Gasteiger partial charge in [-0.1, -0.05) is 20.3 Å². The van der Waals surface area contributed by atoms with Crippen LogP contribution >= 0.6 is 11.8 Å². The first-order valence-electron chi connectivity index (χ1n) is 11.6. The summed E-state index contributed by atoms with van der Waals surface area (Å²) < 4.78 is 5.95. The maximum absolute atomic E-state index is 12.2. The van der Waals surface area contributed by atoms with Gasteiger partial charge in [-0.2, -0.15) is 11.8 Å². The molecule has 6 N–H and O–H groups in total. The number of carbonyl (C=O) groups is 3. The molecule has 2 aliphatic heterocycles. The van der Waals surface area contributed by atoms with Crippen LogP contribution in [0.1, 0.15) is 59.8 Å². The van der Waals surface area contributed by atoms with Crippen molar-refractivity contribution in [3.63, 3.8) is 0 Å². The number of thioether (sulfide) groups is 1. The minimum Gasteiger partial charge on any atom is -0.374 e. The molecule has 9 nitrogen and oxygen atoms in total. The van der Waals surface area contributed by atoms with Gasteiger partial charge in [0.1, 0.15) is 0 Å². The number of ether oxygens (including phenoxy) is 1. The number of amides is 4. The van der Waals surface area contributed by atoms with E-state index in [0.717, 1.165) is 25.0 Å². The second-order valence-electron chi connectivity index (χ2n) is 9.93. The van der Waals surface area contributed by atoms with Gasteiger partial charge in [0.25, 0.3) is 0 Å². The van der Waals surface area contributed by atoms with Gasteiger partial charge in [-0.3, -0.25) is 9.59 Å². The quantitative estimate of drug-likeness (QED) is 0.190. The van der Waals surface area contributed by atoms with E-state index in [2.05, 4.69) is 21.3 Å². The molecule has 32 heavy (non-hydrogen) atoms. The Morgan fingerprint density at radius 1 is 1.19 bits per heavy atom. The van der Waals surface area contributed by atoms with Gasteiger partial charge in [-0.25, -0.2) is 4.79 Å². The fourth-order valence-corrected chi connectivity index (χ4v) is 5.39.